The second-order valence-electron chi connectivity index (χ2n) is 7.11. The Labute approximate surface area is 175 Å². The second kappa shape index (κ2) is 8.60. The van der Waals surface area contributed by atoms with Crippen molar-refractivity contribution in [2.24, 2.45) is 0 Å². The van der Waals surface area contributed by atoms with E-state index in [9.17, 15) is 0 Å². The highest BCUT2D eigenvalue weighted by Crippen LogP contribution is 2.25. The van der Waals surface area contributed by atoms with Crippen molar-refractivity contribution in [3.63, 3.8) is 0 Å². The number of methoxy groups -OCH3 is 1. The molecule has 1 saturated heterocycles. The van der Waals surface area contributed by atoms with Gasteiger partial charge in [0, 0.05) is 27.6 Å². The molecule has 3 aromatic rings. The average molecular weight is 415 g/mol. The predicted octanol–water partition coefficient (Wildman–Crippen LogP) is 3.52. The van der Waals surface area contributed by atoms with Gasteiger partial charge in [-0.15, -0.1) is 11.8 Å². The number of halogens is 1. The van der Waals surface area contributed by atoms with Crippen molar-refractivity contribution in [1.82, 2.24) is 4.98 Å². The molecule has 2 heterocycles. The van der Waals surface area contributed by atoms with Crippen molar-refractivity contribution in [2.75, 3.05) is 44.4 Å². The summed E-state index contributed by atoms with van der Waals surface area (Å²) in [7, 11) is 1.71. The Bertz CT molecular complexity index is 973. The Hall–Kier alpha value is -1.95. The lowest BCUT2D eigenvalue weighted by molar-refractivity contribution is -0.914. The predicted molar refractivity (Wildman–Crippen MR) is 118 cm³/mol. The van der Waals surface area contributed by atoms with Crippen molar-refractivity contribution < 1.29 is 9.64 Å². The van der Waals surface area contributed by atoms with Crippen LogP contribution in [0.25, 0.3) is 10.9 Å². The van der Waals surface area contributed by atoms with Gasteiger partial charge in [0.25, 0.3) is 0 Å². The number of ether oxygens (including phenoxy) is 1. The van der Waals surface area contributed by atoms with Crippen molar-refractivity contribution >= 4 is 40.0 Å². The molecule has 1 aliphatic rings. The molecule has 4 nitrogen and oxygen atoms in total. The number of rotatable bonds is 5. The van der Waals surface area contributed by atoms with Crippen molar-refractivity contribution in [3.05, 3.63) is 59.2 Å². The van der Waals surface area contributed by atoms with Gasteiger partial charge in [-0.1, -0.05) is 23.7 Å². The summed E-state index contributed by atoms with van der Waals surface area (Å²) in [6, 6.07) is 16.9. The standard InChI is InChI=1S/C22H24ClN3OS/c1-27-19-5-3-4-18(13-19)26-10-8-25(9-11-26)15-17-12-16-6-7-20(28-2)14-21(16)24-22(17)23/h3-7,12-14H,8-11,15H2,1-2H3/p+1. The summed E-state index contributed by atoms with van der Waals surface area (Å²) in [5, 5.41) is 1.79. The highest BCUT2D eigenvalue weighted by Gasteiger charge is 2.22. The molecule has 1 aromatic heterocycles. The Balaban J connectivity index is 1.43. The Morgan fingerprint density at radius 2 is 1.96 bits per heavy atom. The minimum Gasteiger partial charge on any atom is -0.497 e. The number of hydrogen-bond donors (Lipinski definition) is 1. The minimum atomic E-state index is 0.633. The molecule has 0 atom stereocenters. The third-order valence-electron chi connectivity index (χ3n) is 5.38. The molecule has 0 spiro atoms. The first-order valence-corrected chi connectivity index (χ1v) is 11.1. The zero-order chi connectivity index (χ0) is 19.5. The van der Waals surface area contributed by atoms with Gasteiger partial charge in [0.1, 0.15) is 17.4 Å². The van der Waals surface area contributed by atoms with E-state index in [-0.39, 0.29) is 0 Å². The zero-order valence-electron chi connectivity index (χ0n) is 16.2. The van der Waals surface area contributed by atoms with Crippen LogP contribution in [-0.4, -0.2) is 44.5 Å². The molecule has 28 heavy (non-hydrogen) atoms. The third-order valence-corrected chi connectivity index (χ3v) is 6.43. The molecule has 146 valence electrons. The Kier molecular flexibility index (Phi) is 5.95. The molecule has 0 unspecified atom stereocenters. The van der Waals surface area contributed by atoms with E-state index in [4.69, 9.17) is 16.3 Å². The molecule has 0 radical (unpaired) electrons. The molecule has 0 bridgehead atoms. The molecule has 2 aromatic carbocycles. The normalized spacial score (nSPS) is 15.2. The molecule has 1 aliphatic heterocycles. The van der Waals surface area contributed by atoms with Crippen LogP contribution in [0.2, 0.25) is 5.15 Å². The van der Waals surface area contributed by atoms with Crippen molar-refractivity contribution in [3.8, 4) is 5.75 Å². The summed E-state index contributed by atoms with van der Waals surface area (Å²) in [4.78, 5) is 9.83. The number of anilines is 1. The van der Waals surface area contributed by atoms with Gasteiger partial charge in [-0.2, -0.15) is 0 Å². The van der Waals surface area contributed by atoms with Gasteiger partial charge in [0.15, 0.2) is 0 Å². The number of nitrogens with one attached hydrogen (secondary N) is 1. The molecule has 0 aliphatic carbocycles. The highest BCUT2D eigenvalue weighted by molar-refractivity contribution is 7.98. The van der Waals surface area contributed by atoms with Crippen LogP contribution in [0.4, 0.5) is 5.69 Å². The van der Waals surface area contributed by atoms with Crippen LogP contribution < -0.4 is 14.5 Å². The number of nitrogens with zero attached hydrogens (tertiary/aromatic N) is 2. The Morgan fingerprint density at radius 1 is 1.14 bits per heavy atom. The number of quaternary nitrogens is 1. The summed E-state index contributed by atoms with van der Waals surface area (Å²) in [6.45, 7) is 5.13. The van der Waals surface area contributed by atoms with Crippen LogP contribution in [0, 0.1) is 0 Å². The summed E-state index contributed by atoms with van der Waals surface area (Å²) >= 11 is 8.24. The molecular formula is C22H25ClN3OS+. The van der Waals surface area contributed by atoms with Crippen LogP contribution in [-0.2, 0) is 6.54 Å². The first-order valence-electron chi connectivity index (χ1n) is 9.52. The van der Waals surface area contributed by atoms with Gasteiger partial charge in [-0.3, -0.25) is 0 Å². The molecule has 4 rings (SSSR count). The van der Waals surface area contributed by atoms with Gasteiger partial charge in [-0.25, -0.2) is 4.98 Å². The van der Waals surface area contributed by atoms with Crippen LogP contribution >= 0.6 is 23.4 Å². The number of aromatic nitrogens is 1. The van der Waals surface area contributed by atoms with E-state index < -0.39 is 0 Å². The molecular weight excluding hydrogens is 390 g/mol. The number of thioether (sulfide) groups is 1. The van der Waals surface area contributed by atoms with E-state index in [1.54, 1.807) is 23.8 Å². The first kappa shape index (κ1) is 19.4. The van der Waals surface area contributed by atoms with Gasteiger partial charge >= 0.3 is 0 Å². The van der Waals surface area contributed by atoms with Crippen molar-refractivity contribution in [1.29, 1.82) is 0 Å². The highest BCUT2D eigenvalue weighted by atomic mass is 35.5. The quantitative estimate of drug-likeness (QED) is 0.511. The minimum absolute atomic E-state index is 0.633. The molecule has 1 fully saturated rings. The summed E-state index contributed by atoms with van der Waals surface area (Å²) < 4.78 is 5.35. The van der Waals surface area contributed by atoms with Crippen LogP contribution in [0.3, 0.4) is 0 Å². The smallest absolute Gasteiger partial charge is 0.138 e. The summed E-state index contributed by atoms with van der Waals surface area (Å²) in [5.41, 5.74) is 3.34. The van der Waals surface area contributed by atoms with E-state index in [1.807, 2.05) is 6.07 Å². The monoisotopic (exact) mass is 414 g/mol. The van der Waals surface area contributed by atoms with Crippen molar-refractivity contribution in [2.45, 2.75) is 11.4 Å². The van der Waals surface area contributed by atoms with Gasteiger partial charge in [-0.05, 0) is 36.6 Å². The van der Waals surface area contributed by atoms with Gasteiger partial charge in [0.2, 0.25) is 0 Å². The van der Waals surface area contributed by atoms with Crippen LogP contribution in [0.5, 0.6) is 5.75 Å². The van der Waals surface area contributed by atoms with Crippen LogP contribution in [0.1, 0.15) is 5.56 Å². The number of piperazine rings is 1. The fourth-order valence-corrected chi connectivity index (χ4v) is 4.40. The molecule has 1 N–H and O–H groups in total. The maximum absolute atomic E-state index is 6.52. The Morgan fingerprint density at radius 3 is 2.71 bits per heavy atom. The fraction of sp³-hybridized carbons (Fsp3) is 0.318. The van der Waals surface area contributed by atoms with E-state index in [0.717, 1.165) is 54.9 Å². The number of hydrogen-bond acceptors (Lipinski definition) is 4. The first-order chi connectivity index (χ1) is 13.7. The number of pyridine rings is 1. The van der Waals surface area contributed by atoms with Gasteiger partial charge in [0.05, 0.1) is 38.8 Å². The molecule has 0 saturated carbocycles. The van der Waals surface area contributed by atoms with E-state index in [1.165, 1.54) is 10.6 Å². The maximum atomic E-state index is 6.52. The maximum Gasteiger partial charge on any atom is 0.138 e. The summed E-state index contributed by atoms with van der Waals surface area (Å²) in [6.07, 6.45) is 2.08. The average Bonchev–Trinajstić information content (AvgIpc) is 2.74. The molecule has 0 amide bonds. The van der Waals surface area contributed by atoms with E-state index in [2.05, 4.69) is 58.6 Å². The fourth-order valence-electron chi connectivity index (χ4n) is 3.75. The second-order valence-corrected chi connectivity index (χ2v) is 8.35. The third kappa shape index (κ3) is 4.22. The number of fused-ring (bicyclic) bond motifs is 1. The SMILES string of the molecule is COc1cccc(N2CC[NH+](Cc3cc4ccc(SC)cc4nc3Cl)CC2)c1. The zero-order valence-corrected chi connectivity index (χ0v) is 17.8. The lowest BCUT2D eigenvalue weighted by Gasteiger charge is -2.34. The summed E-state index contributed by atoms with van der Waals surface area (Å²) in [5.74, 6) is 0.908. The van der Waals surface area contributed by atoms with Gasteiger partial charge < -0.3 is 14.5 Å². The largest absolute Gasteiger partial charge is 0.497 e. The van der Waals surface area contributed by atoms with E-state index in [0.29, 0.717) is 5.15 Å². The molecule has 6 heteroatoms. The van der Waals surface area contributed by atoms with Crippen LogP contribution in [0.15, 0.2) is 53.4 Å². The topological polar surface area (TPSA) is 29.8 Å². The lowest BCUT2D eigenvalue weighted by Crippen LogP contribution is -3.13. The lowest BCUT2D eigenvalue weighted by atomic mass is 10.1. The van der Waals surface area contributed by atoms with E-state index >= 15 is 0 Å². The number of benzene rings is 2.